The number of methoxy groups -OCH3 is 1. The van der Waals surface area contributed by atoms with Gasteiger partial charge in [0.25, 0.3) is 0 Å². The molecule has 5 heteroatoms. The summed E-state index contributed by atoms with van der Waals surface area (Å²) in [6.45, 7) is 4.32. The van der Waals surface area contributed by atoms with Crippen molar-refractivity contribution in [2.45, 2.75) is 31.8 Å². The molecule has 1 saturated heterocycles. The minimum absolute atomic E-state index is 0.286. The number of rotatable bonds is 5. The van der Waals surface area contributed by atoms with Crippen molar-refractivity contribution in [2.24, 2.45) is 0 Å². The fourth-order valence-electron chi connectivity index (χ4n) is 3.21. The number of halogens is 1. The Morgan fingerprint density at radius 3 is 2.58 bits per heavy atom. The maximum Gasteiger partial charge on any atom is 0.213 e. The van der Waals surface area contributed by atoms with Crippen LogP contribution >= 0.6 is 11.6 Å². The molecule has 24 heavy (non-hydrogen) atoms. The molecular formula is C19H24ClN3O. The molecule has 128 valence electrons. The van der Waals surface area contributed by atoms with Crippen LogP contribution in [0.5, 0.6) is 5.88 Å². The molecule has 1 atom stereocenters. The Labute approximate surface area is 148 Å². The first-order valence-electron chi connectivity index (χ1n) is 8.42. The van der Waals surface area contributed by atoms with Gasteiger partial charge in [-0.15, -0.1) is 0 Å². The van der Waals surface area contributed by atoms with Gasteiger partial charge >= 0.3 is 0 Å². The summed E-state index contributed by atoms with van der Waals surface area (Å²) >= 11 is 5.97. The molecule has 4 nitrogen and oxygen atoms in total. The first kappa shape index (κ1) is 17.1. The lowest BCUT2D eigenvalue weighted by molar-refractivity contribution is 0.376. The molecule has 0 spiro atoms. The standard InChI is InChI=1S/C19H24ClN3O/c1-14(15-7-10-21-19(13-15)24-2)22-17-8-11-23(12-9-17)18-5-3-16(20)4-6-18/h3-7,10,13-14,17,22H,8-9,11-12H2,1-2H3. The smallest absolute Gasteiger partial charge is 0.213 e. The van der Waals surface area contributed by atoms with Crippen LogP contribution in [-0.2, 0) is 0 Å². The molecule has 0 bridgehead atoms. The maximum atomic E-state index is 5.97. The molecule has 2 heterocycles. The van der Waals surface area contributed by atoms with E-state index < -0.39 is 0 Å². The summed E-state index contributed by atoms with van der Waals surface area (Å²) < 4.78 is 5.21. The van der Waals surface area contributed by atoms with E-state index in [2.05, 4.69) is 34.3 Å². The van der Waals surface area contributed by atoms with E-state index in [-0.39, 0.29) is 6.04 Å². The zero-order valence-corrected chi connectivity index (χ0v) is 15.0. The minimum Gasteiger partial charge on any atom is -0.481 e. The van der Waals surface area contributed by atoms with Crippen molar-refractivity contribution >= 4 is 17.3 Å². The van der Waals surface area contributed by atoms with Gasteiger partial charge in [0.1, 0.15) is 0 Å². The van der Waals surface area contributed by atoms with Crippen molar-refractivity contribution in [2.75, 3.05) is 25.1 Å². The lowest BCUT2D eigenvalue weighted by Gasteiger charge is -2.35. The third-order valence-electron chi connectivity index (χ3n) is 4.64. The van der Waals surface area contributed by atoms with Gasteiger partial charge in [-0.25, -0.2) is 4.98 Å². The van der Waals surface area contributed by atoms with Crippen LogP contribution < -0.4 is 15.0 Å². The molecule has 0 aliphatic carbocycles. The normalized spacial score (nSPS) is 16.9. The third kappa shape index (κ3) is 4.19. The summed E-state index contributed by atoms with van der Waals surface area (Å²) in [4.78, 5) is 6.60. The van der Waals surface area contributed by atoms with E-state index in [1.807, 2.05) is 24.3 Å². The molecule has 0 amide bonds. The number of anilines is 1. The topological polar surface area (TPSA) is 37.4 Å². The molecule has 1 fully saturated rings. The van der Waals surface area contributed by atoms with E-state index in [4.69, 9.17) is 16.3 Å². The second kappa shape index (κ2) is 7.86. The van der Waals surface area contributed by atoms with Gasteiger partial charge in [0.2, 0.25) is 5.88 Å². The maximum absolute atomic E-state index is 5.97. The molecule has 1 aliphatic heterocycles. The summed E-state index contributed by atoms with van der Waals surface area (Å²) in [6.07, 6.45) is 4.07. The molecule has 1 aliphatic rings. The van der Waals surface area contributed by atoms with E-state index in [0.29, 0.717) is 11.9 Å². The van der Waals surface area contributed by atoms with E-state index in [9.17, 15) is 0 Å². The Morgan fingerprint density at radius 2 is 1.92 bits per heavy atom. The van der Waals surface area contributed by atoms with Crippen molar-refractivity contribution in [1.82, 2.24) is 10.3 Å². The van der Waals surface area contributed by atoms with Gasteiger partial charge in [-0.1, -0.05) is 11.6 Å². The molecule has 0 radical (unpaired) electrons. The number of piperidine rings is 1. The van der Waals surface area contributed by atoms with Crippen molar-refractivity contribution in [3.05, 3.63) is 53.2 Å². The highest BCUT2D eigenvalue weighted by Crippen LogP contribution is 2.24. The second-order valence-corrected chi connectivity index (χ2v) is 6.69. The summed E-state index contributed by atoms with van der Waals surface area (Å²) in [7, 11) is 1.65. The number of pyridine rings is 1. The van der Waals surface area contributed by atoms with Crippen LogP contribution in [0.4, 0.5) is 5.69 Å². The number of nitrogens with one attached hydrogen (secondary N) is 1. The largest absolute Gasteiger partial charge is 0.481 e. The molecule has 1 N–H and O–H groups in total. The second-order valence-electron chi connectivity index (χ2n) is 6.26. The van der Waals surface area contributed by atoms with Gasteiger partial charge in [-0.3, -0.25) is 0 Å². The lowest BCUT2D eigenvalue weighted by Crippen LogP contribution is -2.43. The summed E-state index contributed by atoms with van der Waals surface area (Å²) in [5.41, 5.74) is 2.46. The zero-order chi connectivity index (χ0) is 16.9. The van der Waals surface area contributed by atoms with Gasteiger partial charge < -0.3 is 15.0 Å². The van der Waals surface area contributed by atoms with Crippen molar-refractivity contribution in [3.8, 4) is 5.88 Å². The number of nitrogens with zero attached hydrogens (tertiary/aromatic N) is 2. The quantitative estimate of drug-likeness (QED) is 0.886. The number of aromatic nitrogens is 1. The Balaban J connectivity index is 1.54. The monoisotopic (exact) mass is 345 g/mol. The SMILES string of the molecule is COc1cc(C(C)NC2CCN(c3ccc(Cl)cc3)CC2)ccn1. The summed E-state index contributed by atoms with van der Waals surface area (Å²) in [6, 6.07) is 13.0. The van der Waals surface area contributed by atoms with Gasteiger partial charge in [0.15, 0.2) is 0 Å². The van der Waals surface area contributed by atoms with E-state index in [1.165, 1.54) is 11.3 Å². The minimum atomic E-state index is 0.286. The average Bonchev–Trinajstić information content (AvgIpc) is 2.63. The third-order valence-corrected chi connectivity index (χ3v) is 4.89. The van der Waals surface area contributed by atoms with E-state index in [0.717, 1.165) is 31.0 Å². The average molecular weight is 346 g/mol. The van der Waals surface area contributed by atoms with Crippen LogP contribution in [0.15, 0.2) is 42.6 Å². The number of hydrogen-bond acceptors (Lipinski definition) is 4. The highest BCUT2D eigenvalue weighted by molar-refractivity contribution is 6.30. The first-order chi connectivity index (χ1) is 11.7. The van der Waals surface area contributed by atoms with Crippen molar-refractivity contribution < 1.29 is 4.74 Å². The first-order valence-corrected chi connectivity index (χ1v) is 8.80. The van der Waals surface area contributed by atoms with Crippen molar-refractivity contribution in [3.63, 3.8) is 0 Å². The Bertz CT molecular complexity index is 654. The lowest BCUT2D eigenvalue weighted by atomic mass is 10.0. The highest BCUT2D eigenvalue weighted by Gasteiger charge is 2.21. The fourth-order valence-corrected chi connectivity index (χ4v) is 3.34. The predicted molar refractivity (Wildman–Crippen MR) is 99.0 cm³/mol. The fraction of sp³-hybridized carbons (Fsp3) is 0.421. The van der Waals surface area contributed by atoms with Gasteiger partial charge in [0.05, 0.1) is 7.11 Å². The van der Waals surface area contributed by atoms with E-state index >= 15 is 0 Å². The van der Waals surface area contributed by atoms with Gasteiger partial charge in [0, 0.05) is 48.1 Å². The molecule has 1 aromatic heterocycles. The highest BCUT2D eigenvalue weighted by atomic mass is 35.5. The van der Waals surface area contributed by atoms with Crippen LogP contribution in [-0.4, -0.2) is 31.2 Å². The number of benzene rings is 1. The summed E-state index contributed by atoms with van der Waals surface area (Å²) in [5, 5.41) is 4.53. The molecular weight excluding hydrogens is 322 g/mol. The van der Waals surface area contributed by atoms with Crippen LogP contribution in [0.25, 0.3) is 0 Å². The summed E-state index contributed by atoms with van der Waals surface area (Å²) in [5.74, 6) is 0.665. The molecule has 1 unspecified atom stereocenters. The van der Waals surface area contributed by atoms with Crippen LogP contribution in [0, 0.1) is 0 Å². The molecule has 2 aromatic rings. The predicted octanol–water partition coefficient (Wildman–Crippen LogP) is 4.06. The Kier molecular flexibility index (Phi) is 5.59. The van der Waals surface area contributed by atoms with Crippen molar-refractivity contribution in [1.29, 1.82) is 0 Å². The zero-order valence-electron chi connectivity index (χ0n) is 14.2. The number of ether oxygens (including phenoxy) is 1. The van der Waals surface area contributed by atoms with E-state index in [1.54, 1.807) is 13.3 Å². The number of hydrogen-bond donors (Lipinski definition) is 1. The Morgan fingerprint density at radius 1 is 1.21 bits per heavy atom. The van der Waals surface area contributed by atoms with Crippen LogP contribution in [0.3, 0.4) is 0 Å². The van der Waals surface area contributed by atoms with Gasteiger partial charge in [-0.05, 0) is 55.7 Å². The van der Waals surface area contributed by atoms with Crippen LogP contribution in [0.1, 0.15) is 31.4 Å². The van der Waals surface area contributed by atoms with Crippen LogP contribution in [0.2, 0.25) is 5.02 Å². The molecule has 1 aromatic carbocycles. The molecule has 0 saturated carbocycles. The van der Waals surface area contributed by atoms with Gasteiger partial charge in [-0.2, -0.15) is 0 Å². The molecule has 3 rings (SSSR count). The Hall–Kier alpha value is -1.78.